The Morgan fingerprint density at radius 2 is 2.19 bits per heavy atom. The van der Waals surface area contributed by atoms with Crippen LogP contribution < -0.4 is 10.1 Å². The second-order valence-electron chi connectivity index (χ2n) is 4.89. The first-order chi connectivity index (χ1) is 10.2. The first kappa shape index (κ1) is 13.8. The van der Waals surface area contributed by atoms with Crippen LogP contribution in [0.5, 0.6) is 5.75 Å². The summed E-state index contributed by atoms with van der Waals surface area (Å²) in [7, 11) is 0. The number of Topliss-reactive ketones (excluding diaryl/α,β-unsaturated/α-hetero) is 1. The molecule has 0 spiro atoms. The van der Waals surface area contributed by atoms with E-state index >= 15 is 0 Å². The number of hydrogen-bond donors (Lipinski definition) is 1. The highest BCUT2D eigenvalue weighted by atomic mass is 32.1. The van der Waals surface area contributed by atoms with Gasteiger partial charge in [0.2, 0.25) is 0 Å². The fourth-order valence-electron chi connectivity index (χ4n) is 2.30. The highest BCUT2D eigenvalue weighted by Crippen LogP contribution is 2.26. The summed E-state index contributed by atoms with van der Waals surface area (Å²) >= 11 is 1.60. The molecule has 1 aromatic carbocycles. The summed E-state index contributed by atoms with van der Waals surface area (Å²) in [6.45, 7) is 0.473. The number of amides is 1. The number of aryl methyl sites for hydroxylation is 1. The Bertz CT molecular complexity index is 664. The fourth-order valence-corrected chi connectivity index (χ4v) is 2.95. The first-order valence-electron chi connectivity index (χ1n) is 6.80. The molecule has 2 aromatic rings. The molecule has 0 aliphatic heterocycles. The molecule has 0 saturated carbocycles. The Labute approximate surface area is 126 Å². The highest BCUT2D eigenvalue weighted by Gasteiger charge is 2.19. The summed E-state index contributed by atoms with van der Waals surface area (Å²) in [5.41, 5.74) is 1.79. The van der Waals surface area contributed by atoms with Gasteiger partial charge in [-0.05, 0) is 35.6 Å². The van der Waals surface area contributed by atoms with Crippen molar-refractivity contribution in [3.05, 3.63) is 51.7 Å². The van der Waals surface area contributed by atoms with Crippen LogP contribution in [0.15, 0.2) is 35.7 Å². The van der Waals surface area contributed by atoms with Crippen molar-refractivity contribution in [2.45, 2.75) is 19.4 Å². The van der Waals surface area contributed by atoms with Gasteiger partial charge in [0, 0.05) is 16.9 Å². The van der Waals surface area contributed by atoms with Crippen molar-refractivity contribution >= 4 is 23.0 Å². The van der Waals surface area contributed by atoms with E-state index in [0.717, 1.165) is 22.4 Å². The monoisotopic (exact) mass is 301 g/mol. The maximum absolute atomic E-state index is 11.7. The van der Waals surface area contributed by atoms with E-state index in [1.807, 2.05) is 29.6 Å². The van der Waals surface area contributed by atoms with E-state index in [1.54, 1.807) is 17.4 Å². The molecule has 108 valence electrons. The van der Waals surface area contributed by atoms with Gasteiger partial charge in [-0.2, -0.15) is 0 Å². The molecule has 3 rings (SSSR count). The van der Waals surface area contributed by atoms with Crippen LogP contribution in [-0.4, -0.2) is 18.3 Å². The zero-order chi connectivity index (χ0) is 14.7. The Hall–Kier alpha value is -2.14. The molecule has 0 radical (unpaired) electrons. The number of ether oxygens (including phenoxy) is 1. The van der Waals surface area contributed by atoms with Crippen LogP contribution in [-0.2, 0) is 17.8 Å². The second kappa shape index (κ2) is 6.10. The van der Waals surface area contributed by atoms with Gasteiger partial charge in [-0.15, -0.1) is 11.3 Å². The molecule has 1 aliphatic carbocycles. The summed E-state index contributed by atoms with van der Waals surface area (Å²) in [5.74, 6) is 0.545. The topological polar surface area (TPSA) is 55.4 Å². The Morgan fingerprint density at radius 3 is 3.00 bits per heavy atom. The molecule has 0 atom stereocenters. The van der Waals surface area contributed by atoms with Gasteiger partial charge in [0.25, 0.3) is 5.91 Å². The number of hydrogen-bond acceptors (Lipinski definition) is 4. The van der Waals surface area contributed by atoms with E-state index < -0.39 is 0 Å². The van der Waals surface area contributed by atoms with Crippen molar-refractivity contribution in [1.29, 1.82) is 0 Å². The molecule has 4 nitrogen and oxygen atoms in total. The number of nitrogens with one attached hydrogen (secondary N) is 1. The van der Waals surface area contributed by atoms with Crippen LogP contribution in [0, 0.1) is 0 Å². The van der Waals surface area contributed by atoms with Gasteiger partial charge < -0.3 is 10.1 Å². The lowest BCUT2D eigenvalue weighted by Crippen LogP contribution is -2.28. The van der Waals surface area contributed by atoms with E-state index in [-0.39, 0.29) is 18.3 Å². The standard InChI is InChI=1S/C16H15NO3S/c18-15-6-4-11-3-5-12(8-14(11)15)20-10-16(19)17-9-13-2-1-7-21-13/h1-3,5,7-8H,4,6,9-10H2,(H,17,19). The molecule has 5 heteroatoms. The fraction of sp³-hybridized carbons (Fsp3) is 0.250. The molecule has 1 aliphatic rings. The first-order valence-corrected chi connectivity index (χ1v) is 7.68. The van der Waals surface area contributed by atoms with Gasteiger partial charge in [-0.25, -0.2) is 0 Å². The Morgan fingerprint density at radius 1 is 1.29 bits per heavy atom. The smallest absolute Gasteiger partial charge is 0.258 e. The molecule has 1 N–H and O–H groups in total. The van der Waals surface area contributed by atoms with Gasteiger partial charge >= 0.3 is 0 Å². The second-order valence-corrected chi connectivity index (χ2v) is 5.92. The Balaban J connectivity index is 1.52. The number of carbonyl (C=O) groups is 2. The number of thiophene rings is 1. The summed E-state index contributed by atoms with van der Waals surface area (Å²) in [6.07, 6.45) is 1.37. The van der Waals surface area contributed by atoms with Crippen molar-refractivity contribution in [2.24, 2.45) is 0 Å². The predicted molar refractivity (Wildman–Crippen MR) is 80.8 cm³/mol. The summed E-state index contributed by atoms with van der Waals surface area (Å²) < 4.78 is 5.45. The third-order valence-corrected chi connectivity index (χ3v) is 4.29. The average Bonchev–Trinajstić information content (AvgIpc) is 3.13. The van der Waals surface area contributed by atoms with Crippen LogP contribution >= 0.6 is 11.3 Å². The van der Waals surface area contributed by atoms with Gasteiger partial charge in [0.1, 0.15) is 5.75 Å². The summed E-state index contributed by atoms with van der Waals surface area (Å²) in [4.78, 5) is 24.5. The maximum atomic E-state index is 11.7. The zero-order valence-corrected chi connectivity index (χ0v) is 12.2. The van der Waals surface area contributed by atoms with Crippen molar-refractivity contribution in [2.75, 3.05) is 6.61 Å². The van der Waals surface area contributed by atoms with E-state index in [0.29, 0.717) is 18.7 Å². The van der Waals surface area contributed by atoms with Gasteiger partial charge in [0.15, 0.2) is 12.4 Å². The third-order valence-electron chi connectivity index (χ3n) is 3.41. The molecule has 1 amide bonds. The lowest BCUT2D eigenvalue weighted by molar-refractivity contribution is -0.123. The summed E-state index contributed by atoms with van der Waals surface area (Å²) in [5, 5.41) is 4.77. The molecule has 1 aromatic heterocycles. The van der Waals surface area contributed by atoms with E-state index in [2.05, 4.69) is 5.32 Å². The van der Waals surface area contributed by atoms with Crippen molar-refractivity contribution in [1.82, 2.24) is 5.32 Å². The lowest BCUT2D eigenvalue weighted by Gasteiger charge is -2.08. The minimum Gasteiger partial charge on any atom is -0.484 e. The zero-order valence-electron chi connectivity index (χ0n) is 11.4. The predicted octanol–water partition coefficient (Wildman–Crippen LogP) is 2.57. The quantitative estimate of drug-likeness (QED) is 0.923. The summed E-state index contributed by atoms with van der Waals surface area (Å²) in [6, 6.07) is 9.36. The van der Waals surface area contributed by atoms with Crippen molar-refractivity contribution in [3.8, 4) is 5.75 Å². The van der Waals surface area contributed by atoms with Crippen molar-refractivity contribution in [3.63, 3.8) is 0 Å². The van der Waals surface area contributed by atoms with Gasteiger partial charge in [0.05, 0.1) is 6.54 Å². The van der Waals surface area contributed by atoms with E-state index in [4.69, 9.17) is 4.74 Å². The van der Waals surface area contributed by atoms with Crippen LogP contribution in [0.1, 0.15) is 27.2 Å². The normalized spacial score (nSPS) is 13.0. The number of carbonyl (C=O) groups excluding carboxylic acids is 2. The number of fused-ring (bicyclic) bond motifs is 1. The van der Waals surface area contributed by atoms with Crippen molar-refractivity contribution < 1.29 is 14.3 Å². The highest BCUT2D eigenvalue weighted by molar-refractivity contribution is 7.09. The minimum absolute atomic E-state index is 0.0433. The Kier molecular flexibility index (Phi) is 4.01. The molecule has 0 unspecified atom stereocenters. The average molecular weight is 301 g/mol. The minimum atomic E-state index is -0.171. The van der Waals surface area contributed by atoms with Crippen LogP contribution in [0.25, 0.3) is 0 Å². The largest absolute Gasteiger partial charge is 0.484 e. The van der Waals surface area contributed by atoms with E-state index in [9.17, 15) is 9.59 Å². The van der Waals surface area contributed by atoms with Crippen LogP contribution in [0.3, 0.4) is 0 Å². The molecule has 0 bridgehead atoms. The molecule has 1 heterocycles. The number of benzene rings is 1. The molecular formula is C16H15NO3S. The number of ketones is 1. The third kappa shape index (κ3) is 3.31. The molecule has 0 saturated heterocycles. The van der Waals surface area contributed by atoms with Gasteiger partial charge in [-0.1, -0.05) is 12.1 Å². The molecule has 21 heavy (non-hydrogen) atoms. The van der Waals surface area contributed by atoms with E-state index in [1.165, 1.54) is 0 Å². The van der Waals surface area contributed by atoms with Crippen LogP contribution in [0.4, 0.5) is 0 Å². The lowest BCUT2D eigenvalue weighted by atomic mass is 10.1. The number of rotatable bonds is 5. The molecular weight excluding hydrogens is 286 g/mol. The molecule has 0 fully saturated rings. The van der Waals surface area contributed by atoms with Gasteiger partial charge in [-0.3, -0.25) is 9.59 Å². The SMILES string of the molecule is O=C(COc1ccc2c(c1)C(=O)CC2)NCc1cccs1. The maximum Gasteiger partial charge on any atom is 0.258 e. The van der Waals surface area contributed by atoms with Crippen LogP contribution in [0.2, 0.25) is 0 Å².